The van der Waals surface area contributed by atoms with Gasteiger partial charge in [0.2, 0.25) is 0 Å². The molecule has 0 bridgehead atoms. The number of ether oxygens (including phenoxy) is 1. The van der Waals surface area contributed by atoms with Crippen LogP contribution in [-0.2, 0) is 4.79 Å². The highest BCUT2D eigenvalue weighted by Crippen LogP contribution is 2.27. The van der Waals surface area contributed by atoms with E-state index in [2.05, 4.69) is 30.4 Å². The first-order valence-corrected chi connectivity index (χ1v) is 9.42. The lowest BCUT2D eigenvalue weighted by molar-refractivity contribution is -0.123. The first kappa shape index (κ1) is 21.2. The zero-order chi connectivity index (χ0) is 20.4. The Morgan fingerprint density at radius 2 is 1.89 bits per heavy atom. The van der Waals surface area contributed by atoms with Gasteiger partial charge in [-0.3, -0.25) is 4.79 Å². The topological polar surface area (TPSA) is 50.7 Å². The van der Waals surface area contributed by atoms with Crippen LogP contribution in [-0.4, -0.2) is 18.2 Å². The Hall–Kier alpha value is -3.14. The van der Waals surface area contributed by atoms with E-state index < -0.39 is 0 Å². The molecule has 0 aliphatic heterocycles. The number of carbonyl (C=O) groups is 1. The maximum absolute atomic E-state index is 12.0. The van der Waals surface area contributed by atoms with E-state index in [0.29, 0.717) is 11.6 Å². The molecule has 2 aromatic carbocycles. The van der Waals surface area contributed by atoms with Crippen molar-refractivity contribution in [3.05, 3.63) is 83.4 Å². The van der Waals surface area contributed by atoms with E-state index in [1.54, 1.807) is 0 Å². The van der Waals surface area contributed by atoms with Gasteiger partial charge < -0.3 is 4.74 Å². The molecule has 0 spiro atoms. The molecule has 0 aromatic heterocycles. The van der Waals surface area contributed by atoms with Crippen LogP contribution in [0.25, 0.3) is 6.08 Å². The molecule has 0 heterocycles. The first-order chi connectivity index (χ1) is 13.5. The van der Waals surface area contributed by atoms with Crippen LogP contribution >= 0.6 is 0 Å². The number of hydrogen-bond donors (Lipinski definition) is 1. The van der Waals surface area contributed by atoms with Gasteiger partial charge in [0.05, 0.1) is 5.71 Å². The summed E-state index contributed by atoms with van der Waals surface area (Å²) in [6.45, 7) is 7.96. The van der Waals surface area contributed by atoms with E-state index in [-0.39, 0.29) is 12.5 Å². The van der Waals surface area contributed by atoms with E-state index in [0.717, 1.165) is 22.4 Å². The second kappa shape index (κ2) is 10.9. The van der Waals surface area contributed by atoms with Gasteiger partial charge in [-0.15, -0.1) is 0 Å². The Bertz CT molecular complexity index is 865. The van der Waals surface area contributed by atoms with Crippen molar-refractivity contribution in [1.29, 1.82) is 0 Å². The van der Waals surface area contributed by atoms with E-state index in [9.17, 15) is 4.79 Å². The zero-order valence-corrected chi connectivity index (χ0v) is 17.0. The molecule has 4 nitrogen and oxygen atoms in total. The minimum Gasteiger partial charge on any atom is -0.483 e. The lowest BCUT2D eigenvalue weighted by Gasteiger charge is -2.14. The number of aryl methyl sites for hydroxylation is 1. The van der Waals surface area contributed by atoms with E-state index in [1.807, 2.05) is 80.6 Å². The molecule has 0 saturated carbocycles. The molecule has 0 unspecified atom stereocenters. The predicted molar refractivity (Wildman–Crippen MR) is 117 cm³/mol. The Morgan fingerprint density at radius 3 is 2.61 bits per heavy atom. The summed E-state index contributed by atoms with van der Waals surface area (Å²) in [6.07, 6.45) is 7.66. The highest BCUT2D eigenvalue weighted by Gasteiger charge is 2.10. The average molecular weight is 377 g/mol. The predicted octanol–water partition coefficient (Wildman–Crippen LogP) is 5.26. The highest BCUT2D eigenvalue weighted by atomic mass is 16.5. The minimum absolute atomic E-state index is 0.0718. The smallest absolute Gasteiger partial charge is 0.277 e. The summed E-state index contributed by atoms with van der Waals surface area (Å²) in [5.74, 6) is 0.786. The molecule has 0 aliphatic carbocycles. The molecule has 1 amide bonds. The molecule has 0 radical (unpaired) electrons. The molecule has 2 rings (SSSR count). The lowest BCUT2D eigenvalue weighted by atomic mass is 10.0. The third-order valence-corrected chi connectivity index (χ3v) is 4.04. The van der Waals surface area contributed by atoms with Gasteiger partial charge in [0.25, 0.3) is 5.91 Å². The number of carbonyl (C=O) groups excluding carboxylic acids is 1. The van der Waals surface area contributed by atoms with Gasteiger partial charge >= 0.3 is 0 Å². The quantitative estimate of drug-likeness (QED) is 0.388. The van der Waals surface area contributed by atoms with Gasteiger partial charge in [-0.25, -0.2) is 5.43 Å². The van der Waals surface area contributed by atoms with Gasteiger partial charge in [-0.05, 0) is 48.6 Å². The van der Waals surface area contributed by atoms with Crippen molar-refractivity contribution >= 4 is 17.7 Å². The maximum Gasteiger partial charge on any atom is 0.277 e. The Morgan fingerprint density at radius 1 is 1.14 bits per heavy atom. The summed E-state index contributed by atoms with van der Waals surface area (Å²) in [5.41, 5.74) is 6.54. The molecule has 0 fully saturated rings. The fraction of sp³-hybridized carbons (Fsp3) is 0.250. The van der Waals surface area contributed by atoms with Crippen LogP contribution in [0.4, 0.5) is 0 Å². The molecule has 0 atom stereocenters. The maximum atomic E-state index is 12.0. The number of rotatable bonds is 8. The van der Waals surface area contributed by atoms with Crippen molar-refractivity contribution in [3.63, 3.8) is 0 Å². The van der Waals surface area contributed by atoms with Crippen molar-refractivity contribution in [2.75, 3.05) is 6.61 Å². The Kier molecular flexibility index (Phi) is 8.22. The van der Waals surface area contributed by atoms with Gasteiger partial charge in [0.15, 0.2) is 6.61 Å². The van der Waals surface area contributed by atoms with Crippen molar-refractivity contribution in [1.82, 2.24) is 5.43 Å². The second-order valence-electron chi connectivity index (χ2n) is 6.90. The largest absolute Gasteiger partial charge is 0.483 e. The second-order valence-corrected chi connectivity index (χ2v) is 6.90. The fourth-order valence-corrected chi connectivity index (χ4v) is 2.53. The van der Waals surface area contributed by atoms with E-state index in [1.165, 1.54) is 0 Å². The summed E-state index contributed by atoms with van der Waals surface area (Å²) in [6, 6.07) is 16.1. The molecule has 1 N–H and O–H groups in total. The van der Waals surface area contributed by atoms with Crippen molar-refractivity contribution in [2.24, 2.45) is 5.10 Å². The lowest BCUT2D eigenvalue weighted by Crippen LogP contribution is -2.25. The van der Waals surface area contributed by atoms with Crippen molar-refractivity contribution < 1.29 is 9.53 Å². The zero-order valence-electron chi connectivity index (χ0n) is 17.0. The van der Waals surface area contributed by atoms with Crippen molar-refractivity contribution in [2.45, 2.75) is 33.6 Å². The number of nitrogens with zero attached hydrogens (tertiary/aromatic N) is 1. The standard InChI is InChI=1S/C24H28N2O2/c1-18(2)22-15-14-19(3)16-23(22)28-17-24(27)26-25-20(4)10-8-9-13-21-11-6-5-7-12-21/h5-16,18H,17H2,1-4H3,(H,26,27)/b10-8+,13-9+,25-20+. The molecule has 146 valence electrons. The van der Waals surface area contributed by atoms with Crippen LogP contribution in [0.5, 0.6) is 5.75 Å². The SMILES string of the molecule is CC(/C=C/C=C/c1ccccc1)=N\NC(=O)COc1cc(C)ccc1C(C)C. The van der Waals surface area contributed by atoms with Gasteiger partial charge in [-0.1, -0.05) is 74.5 Å². The summed E-state index contributed by atoms with van der Waals surface area (Å²) < 4.78 is 5.71. The normalized spacial score (nSPS) is 12.1. The summed E-state index contributed by atoms with van der Waals surface area (Å²) in [7, 11) is 0. The summed E-state index contributed by atoms with van der Waals surface area (Å²) in [5, 5.41) is 4.07. The highest BCUT2D eigenvalue weighted by molar-refractivity contribution is 5.94. The molecule has 0 saturated heterocycles. The molecule has 28 heavy (non-hydrogen) atoms. The summed E-state index contributed by atoms with van der Waals surface area (Å²) in [4.78, 5) is 12.0. The number of nitrogens with one attached hydrogen (secondary N) is 1. The van der Waals surface area contributed by atoms with Gasteiger partial charge in [0.1, 0.15) is 5.75 Å². The third kappa shape index (κ3) is 7.23. The first-order valence-electron chi connectivity index (χ1n) is 9.42. The number of hydrogen-bond acceptors (Lipinski definition) is 3. The number of hydrazone groups is 1. The van der Waals surface area contributed by atoms with Crippen molar-refractivity contribution in [3.8, 4) is 5.75 Å². The number of amides is 1. The van der Waals surface area contributed by atoms with E-state index in [4.69, 9.17) is 4.74 Å². The summed E-state index contributed by atoms with van der Waals surface area (Å²) >= 11 is 0. The van der Waals surface area contributed by atoms with Crippen LogP contribution in [0.1, 0.15) is 43.4 Å². The third-order valence-electron chi connectivity index (χ3n) is 4.04. The van der Waals surface area contributed by atoms with E-state index >= 15 is 0 Å². The molecular weight excluding hydrogens is 348 g/mol. The van der Waals surface area contributed by atoms with Crippen LogP contribution in [0, 0.1) is 6.92 Å². The Labute approximate surface area is 167 Å². The minimum atomic E-state index is -0.288. The molecule has 2 aromatic rings. The Balaban J connectivity index is 1.83. The van der Waals surface area contributed by atoms with Crippen LogP contribution < -0.4 is 10.2 Å². The number of allylic oxidation sites excluding steroid dienone is 3. The van der Waals surface area contributed by atoms with Crippen LogP contribution in [0.2, 0.25) is 0 Å². The monoisotopic (exact) mass is 376 g/mol. The van der Waals surface area contributed by atoms with Gasteiger partial charge in [0, 0.05) is 0 Å². The molecular formula is C24H28N2O2. The fourth-order valence-electron chi connectivity index (χ4n) is 2.53. The van der Waals surface area contributed by atoms with Gasteiger partial charge in [-0.2, -0.15) is 5.10 Å². The molecule has 4 heteroatoms. The average Bonchev–Trinajstić information content (AvgIpc) is 2.68. The molecule has 0 aliphatic rings. The van der Waals surface area contributed by atoms with Crippen LogP contribution in [0.3, 0.4) is 0 Å². The number of benzene rings is 2. The van der Waals surface area contributed by atoms with Crippen LogP contribution in [0.15, 0.2) is 71.9 Å².